The van der Waals surface area contributed by atoms with E-state index in [2.05, 4.69) is 45.6 Å². The van der Waals surface area contributed by atoms with Gasteiger partial charge in [0.1, 0.15) is 5.75 Å². The maximum atomic E-state index is 11.8. The summed E-state index contributed by atoms with van der Waals surface area (Å²) < 4.78 is 10.7. The van der Waals surface area contributed by atoms with Gasteiger partial charge in [-0.1, -0.05) is 35.6 Å². The monoisotopic (exact) mass is 467 g/mol. The average molecular weight is 468 g/mol. The smallest absolute Gasteiger partial charge is 0.303 e. The number of carbonyl (C=O) groups is 2. The van der Waals surface area contributed by atoms with Crippen LogP contribution in [-0.4, -0.2) is 54.0 Å². The van der Waals surface area contributed by atoms with Crippen LogP contribution in [0.5, 0.6) is 10.9 Å². The predicted molar refractivity (Wildman–Crippen MR) is 129 cm³/mol. The van der Waals surface area contributed by atoms with Gasteiger partial charge >= 0.3 is 5.97 Å². The summed E-state index contributed by atoms with van der Waals surface area (Å²) in [6, 6.07) is 8.36. The maximum Gasteiger partial charge on any atom is 0.303 e. The predicted octanol–water partition coefficient (Wildman–Crippen LogP) is 4.05. The highest BCUT2D eigenvalue weighted by Crippen LogP contribution is 2.32. The summed E-state index contributed by atoms with van der Waals surface area (Å²) in [5.41, 5.74) is 2.23. The fourth-order valence-electron chi connectivity index (χ4n) is 3.89. The Bertz CT molecular complexity index is 991. The number of carbonyl (C=O) groups excluding carboxylic acids is 2. The Hall–Kier alpha value is -2.97. The van der Waals surface area contributed by atoms with Crippen molar-refractivity contribution in [3.8, 4) is 10.9 Å². The van der Waals surface area contributed by atoms with Gasteiger partial charge in [-0.2, -0.15) is 0 Å². The zero-order valence-corrected chi connectivity index (χ0v) is 19.6. The fourth-order valence-corrected chi connectivity index (χ4v) is 4.74. The van der Waals surface area contributed by atoms with E-state index in [-0.39, 0.29) is 18.6 Å². The van der Waals surface area contributed by atoms with Crippen LogP contribution in [0.4, 0.5) is 0 Å². The molecule has 0 bridgehead atoms. The number of hydrogen-bond acceptors (Lipinski definition) is 7. The van der Waals surface area contributed by atoms with Crippen LogP contribution in [0.3, 0.4) is 0 Å². The molecular formula is C25H29N3O4S. The molecule has 2 aliphatic rings. The SMILES string of the molecule is CC(=O)OCC(=O)NC1CCN(CCc2ccc(Oc3nc4c(s3)C=CCC=C4)cc2)CC1. The van der Waals surface area contributed by atoms with Crippen LogP contribution in [0.2, 0.25) is 0 Å². The minimum Gasteiger partial charge on any atom is -0.456 e. The summed E-state index contributed by atoms with van der Waals surface area (Å²) in [7, 11) is 0. The Morgan fingerprint density at radius 3 is 2.67 bits per heavy atom. The van der Waals surface area contributed by atoms with E-state index in [9.17, 15) is 9.59 Å². The van der Waals surface area contributed by atoms with Crippen molar-refractivity contribution < 1.29 is 19.1 Å². The third-order valence-corrected chi connectivity index (χ3v) is 6.60. The summed E-state index contributed by atoms with van der Waals surface area (Å²) in [5, 5.41) is 3.60. The Balaban J connectivity index is 1.19. The van der Waals surface area contributed by atoms with Crippen molar-refractivity contribution in [1.29, 1.82) is 0 Å². The Morgan fingerprint density at radius 1 is 1.15 bits per heavy atom. The number of piperidine rings is 1. The molecule has 33 heavy (non-hydrogen) atoms. The van der Waals surface area contributed by atoms with E-state index in [0.717, 1.165) is 61.6 Å². The second-order valence-corrected chi connectivity index (χ2v) is 9.22. The fraction of sp³-hybridized carbons (Fsp3) is 0.400. The second kappa shape index (κ2) is 11.2. The van der Waals surface area contributed by atoms with E-state index in [4.69, 9.17) is 9.47 Å². The summed E-state index contributed by atoms with van der Waals surface area (Å²) in [4.78, 5) is 30.7. The van der Waals surface area contributed by atoms with Crippen molar-refractivity contribution in [1.82, 2.24) is 15.2 Å². The first kappa shape index (κ1) is 23.2. The molecule has 1 N–H and O–H groups in total. The van der Waals surface area contributed by atoms with Gasteiger partial charge < -0.3 is 19.7 Å². The molecule has 0 atom stereocenters. The third-order valence-electron chi connectivity index (χ3n) is 5.68. The lowest BCUT2D eigenvalue weighted by Crippen LogP contribution is -2.46. The highest BCUT2D eigenvalue weighted by atomic mass is 32.1. The van der Waals surface area contributed by atoms with Crippen molar-refractivity contribution in [3.05, 3.63) is 52.6 Å². The second-order valence-electron chi connectivity index (χ2n) is 8.23. The Labute approximate surface area is 198 Å². The Morgan fingerprint density at radius 2 is 1.91 bits per heavy atom. The number of hydrogen-bond donors (Lipinski definition) is 1. The number of rotatable bonds is 8. The number of fused-ring (bicyclic) bond motifs is 1. The van der Waals surface area contributed by atoms with E-state index in [0.29, 0.717) is 5.19 Å². The zero-order valence-electron chi connectivity index (χ0n) is 18.8. The highest BCUT2D eigenvalue weighted by Gasteiger charge is 2.20. The molecule has 0 spiro atoms. The normalized spacial score (nSPS) is 16.2. The molecule has 1 saturated heterocycles. The van der Waals surface area contributed by atoms with E-state index in [1.165, 1.54) is 12.5 Å². The van der Waals surface area contributed by atoms with Gasteiger partial charge in [0.05, 0.1) is 10.6 Å². The van der Waals surface area contributed by atoms with Crippen molar-refractivity contribution in [2.45, 2.75) is 38.6 Å². The summed E-state index contributed by atoms with van der Waals surface area (Å²) >= 11 is 1.56. The van der Waals surface area contributed by atoms with Crippen LogP contribution < -0.4 is 10.1 Å². The van der Waals surface area contributed by atoms with Gasteiger partial charge in [-0.25, -0.2) is 4.98 Å². The van der Waals surface area contributed by atoms with Gasteiger partial charge in [0.15, 0.2) is 6.61 Å². The molecule has 1 aromatic carbocycles. The molecule has 0 saturated carbocycles. The number of amides is 1. The summed E-state index contributed by atoms with van der Waals surface area (Å²) in [6.07, 6.45) is 12.1. The molecule has 2 heterocycles. The molecule has 4 rings (SSSR count). The van der Waals surface area contributed by atoms with E-state index in [1.54, 1.807) is 11.3 Å². The summed E-state index contributed by atoms with van der Waals surface area (Å²) in [6.45, 7) is 3.96. The number of thiazole rings is 1. The minimum atomic E-state index is -0.438. The first-order valence-corrected chi connectivity index (χ1v) is 12.1. The molecule has 174 valence electrons. The number of ether oxygens (including phenoxy) is 2. The molecule has 1 aliphatic carbocycles. The molecule has 7 nitrogen and oxygen atoms in total. The largest absolute Gasteiger partial charge is 0.456 e. The molecule has 1 aliphatic heterocycles. The quantitative estimate of drug-likeness (QED) is 0.590. The first-order valence-electron chi connectivity index (χ1n) is 11.3. The number of esters is 1. The van der Waals surface area contributed by atoms with Crippen LogP contribution in [0.25, 0.3) is 12.2 Å². The molecule has 8 heteroatoms. The molecular weight excluding hydrogens is 438 g/mol. The van der Waals surface area contributed by atoms with E-state index in [1.807, 2.05) is 18.2 Å². The lowest BCUT2D eigenvalue weighted by Gasteiger charge is -2.32. The molecule has 2 aromatic rings. The van der Waals surface area contributed by atoms with Gasteiger partial charge in [-0.15, -0.1) is 0 Å². The van der Waals surface area contributed by atoms with E-state index < -0.39 is 5.97 Å². The van der Waals surface area contributed by atoms with E-state index >= 15 is 0 Å². The van der Waals surface area contributed by atoms with Gasteiger partial charge in [0, 0.05) is 32.6 Å². The molecule has 1 amide bonds. The topological polar surface area (TPSA) is 80.8 Å². The molecule has 0 unspecified atom stereocenters. The van der Waals surface area contributed by atoms with Crippen LogP contribution in [-0.2, 0) is 20.7 Å². The van der Waals surface area contributed by atoms with Gasteiger partial charge in [0.25, 0.3) is 11.1 Å². The van der Waals surface area contributed by atoms with Gasteiger partial charge in [0.2, 0.25) is 0 Å². The number of benzene rings is 1. The minimum absolute atomic E-state index is 0.146. The summed E-state index contributed by atoms with van der Waals surface area (Å²) in [5.74, 6) is 0.125. The third kappa shape index (κ3) is 7.00. The van der Waals surface area contributed by atoms with Crippen molar-refractivity contribution >= 4 is 35.4 Å². The first-order chi connectivity index (χ1) is 16.0. The van der Waals surface area contributed by atoms with Gasteiger partial charge in [-0.05, 0) is 55.5 Å². The van der Waals surface area contributed by atoms with Crippen LogP contribution >= 0.6 is 11.3 Å². The number of nitrogens with zero attached hydrogens (tertiary/aromatic N) is 2. The number of aromatic nitrogens is 1. The maximum absolute atomic E-state index is 11.8. The Kier molecular flexibility index (Phi) is 7.91. The lowest BCUT2D eigenvalue weighted by molar-refractivity contribution is -0.146. The van der Waals surface area contributed by atoms with Crippen molar-refractivity contribution in [2.24, 2.45) is 0 Å². The molecule has 1 fully saturated rings. The molecule has 1 aromatic heterocycles. The zero-order chi connectivity index (χ0) is 23.0. The van der Waals surface area contributed by atoms with Crippen molar-refractivity contribution in [2.75, 3.05) is 26.2 Å². The van der Waals surface area contributed by atoms with Crippen LogP contribution in [0, 0.1) is 0 Å². The standard InChI is InChI=1S/C25H29N3O4S/c1-18(29)31-17-24(30)26-20-12-15-28(16-13-20)14-11-19-7-9-21(10-8-19)32-25-27-22-5-3-2-4-6-23(22)33-25/h3-10,20H,2,11-17H2,1H3,(H,26,30). The van der Waals surface area contributed by atoms with Crippen molar-refractivity contribution in [3.63, 3.8) is 0 Å². The van der Waals surface area contributed by atoms with Crippen LogP contribution in [0.15, 0.2) is 36.4 Å². The van der Waals surface area contributed by atoms with Crippen LogP contribution in [0.1, 0.15) is 42.3 Å². The number of nitrogens with one attached hydrogen (secondary N) is 1. The number of likely N-dealkylation sites (tertiary alicyclic amines) is 1. The number of allylic oxidation sites excluding steroid dienone is 2. The average Bonchev–Trinajstić information content (AvgIpc) is 3.06. The highest BCUT2D eigenvalue weighted by molar-refractivity contribution is 7.14. The lowest BCUT2D eigenvalue weighted by atomic mass is 10.0. The molecule has 0 radical (unpaired) electrons. The van der Waals surface area contributed by atoms with Gasteiger partial charge in [-0.3, -0.25) is 9.59 Å².